The third-order valence-electron chi connectivity index (χ3n) is 4.16. The molecule has 8 heteroatoms. The first kappa shape index (κ1) is 21.4. The van der Waals surface area contributed by atoms with Crippen LogP contribution < -0.4 is 20.2 Å². The van der Waals surface area contributed by atoms with Crippen molar-refractivity contribution in [3.63, 3.8) is 0 Å². The summed E-state index contributed by atoms with van der Waals surface area (Å²) < 4.78 is 10.9. The highest BCUT2D eigenvalue weighted by Gasteiger charge is 2.10. The molecule has 158 valence electrons. The van der Waals surface area contributed by atoms with E-state index < -0.39 is 5.97 Å². The third kappa shape index (κ3) is 6.07. The predicted molar refractivity (Wildman–Crippen MR) is 118 cm³/mol. The van der Waals surface area contributed by atoms with Crippen molar-refractivity contribution in [1.29, 1.82) is 0 Å². The zero-order chi connectivity index (χ0) is 22.1. The maximum absolute atomic E-state index is 12.1. The van der Waals surface area contributed by atoms with Crippen LogP contribution in [0, 0.1) is 0 Å². The maximum Gasteiger partial charge on any atom is 0.337 e. The van der Waals surface area contributed by atoms with Gasteiger partial charge in [0, 0.05) is 5.69 Å². The second kappa shape index (κ2) is 10.4. The molecule has 0 unspecified atom stereocenters. The molecule has 0 heterocycles. The SMILES string of the molecule is COc1cc(/C=N/Nc2ccccc2C(=O)O)ccc1OCC(=O)Nc1ccccc1. The Bertz CT molecular complexity index is 1080. The van der Waals surface area contributed by atoms with E-state index in [-0.39, 0.29) is 18.1 Å². The zero-order valence-electron chi connectivity index (χ0n) is 16.7. The molecule has 0 aromatic heterocycles. The average molecular weight is 419 g/mol. The fourth-order valence-corrected chi connectivity index (χ4v) is 2.69. The summed E-state index contributed by atoms with van der Waals surface area (Å²) in [5.41, 5.74) is 4.60. The van der Waals surface area contributed by atoms with E-state index in [4.69, 9.17) is 9.47 Å². The lowest BCUT2D eigenvalue weighted by Gasteiger charge is -2.11. The molecule has 0 saturated heterocycles. The van der Waals surface area contributed by atoms with Crippen LogP contribution in [0.1, 0.15) is 15.9 Å². The summed E-state index contributed by atoms with van der Waals surface area (Å²) in [5.74, 6) is -0.493. The molecule has 0 atom stereocenters. The normalized spacial score (nSPS) is 10.5. The molecule has 0 bridgehead atoms. The van der Waals surface area contributed by atoms with E-state index in [1.165, 1.54) is 19.4 Å². The van der Waals surface area contributed by atoms with Crippen molar-refractivity contribution in [2.45, 2.75) is 0 Å². The van der Waals surface area contributed by atoms with Crippen LogP contribution in [-0.2, 0) is 4.79 Å². The van der Waals surface area contributed by atoms with E-state index in [9.17, 15) is 14.7 Å². The number of para-hydroxylation sites is 2. The van der Waals surface area contributed by atoms with Gasteiger partial charge in [-0.1, -0.05) is 30.3 Å². The molecule has 0 spiro atoms. The largest absolute Gasteiger partial charge is 0.493 e. The van der Waals surface area contributed by atoms with E-state index >= 15 is 0 Å². The van der Waals surface area contributed by atoms with Crippen molar-refractivity contribution in [1.82, 2.24) is 0 Å². The van der Waals surface area contributed by atoms with Crippen LogP contribution in [0.3, 0.4) is 0 Å². The number of anilines is 2. The van der Waals surface area contributed by atoms with Crippen molar-refractivity contribution < 1.29 is 24.2 Å². The van der Waals surface area contributed by atoms with Gasteiger partial charge in [0.25, 0.3) is 5.91 Å². The fourth-order valence-electron chi connectivity index (χ4n) is 2.69. The number of rotatable bonds is 9. The second-order valence-electron chi connectivity index (χ2n) is 6.33. The van der Waals surface area contributed by atoms with Gasteiger partial charge in [-0.2, -0.15) is 5.10 Å². The van der Waals surface area contributed by atoms with E-state index in [0.717, 1.165) is 0 Å². The van der Waals surface area contributed by atoms with Gasteiger partial charge in [0.15, 0.2) is 18.1 Å². The van der Waals surface area contributed by atoms with Crippen molar-refractivity contribution in [3.8, 4) is 11.5 Å². The van der Waals surface area contributed by atoms with Crippen LogP contribution in [0.25, 0.3) is 0 Å². The molecular formula is C23H21N3O5. The van der Waals surface area contributed by atoms with Crippen molar-refractivity contribution in [3.05, 3.63) is 83.9 Å². The number of carbonyl (C=O) groups excluding carboxylic acids is 1. The van der Waals surface area contributed by atoms with Crippen LogP contribution in [0.4, 0.5) is 11.4 Å². The number of carboxylic acid groups (broad SMARTS) is 1. The number of hydrogen-bond acceptors (Lipinski definition) is 6. The van der Waals surface area contributed by atoms with Gasteiger partial charge in [-0.15, -0.1) is 0 Å². The molecule has 0 aliphatic carbocycles. The molecule has 3 rings (SSSR count). The van der Waals surface area contributed by atoms with E-state index in [2.05, 4.69) is 15.8 Å². The molecular weight excluding hydrogens is 398 g/mol. The van der Waals surface area contributed by atoms with Gasteiger partial charge in [-0.3, -0.25) is 10.2 Å². The minimum atomic E-state index is -1.04. The summed E-state index contributed by atoms with van der Waals surface area (Å²) in [6.45, 7) is -0.174. The van der Waals surface area contributed by atoms with Gasteiger partial charge >= 0.3 is 5.97 Å². The molecule has 3 aromatic rings. The number of hydrogen-bond donors (Lipinski definition) is 3. The Kier molecular flexibility index (Phi) is 7.21. The number of ether oxygens (including phenoxy) is 2. The number of amides is 1. The van der Waals surface area contributed by atoms with Gasteiger partial charge < -0.3 is 19.9 Å². The lowest BCUT2D eigenvalue weighted by molar-refractivity contribution is -0.118. The predicted octanol–water partition coefficient (Wildman–Crippen LogP) is 3.86. The van der Waals surface area contributed by atoms with E-state index in [1.807, 2.05) is 18.2 Å². The molecule has 31 heavy (non-hydrogen) atoms. The Morgan fingerprint density at radius 2 is 1.74 bits per heavy atom. The number of hydrazone groups is 1. The van der Waals surface area contributed by atoms with Crippen molar-refractivity contribution >= 4 is 29.5 Å². The smallest absolute Gasteiger partial charge is 0.337 e. The van der Waals surface area contributed by atoms with Gasteiger partial charge in [0.1, 0.15) is 0 Å². The minimum Gasteiger partial charge on any atom is -0.493 e. The van der Waals surface area contributed by atoms with E-state index in [0.29, 0.717) is 28.4 Å². The molecule has 3 aromatic carbocycles. The molecule has 0 radical (unpaired) electrons. The van der Waals surface area contributed by atoms with Gasteiger partial charge in [0.05, 0.1) is 24.6 Å². The Hall–Kier alpha value is -4.33. The average Bonchev–Trinajstić information content (AvgIpc) is 2.79. The van der Waals surface area contributed by atoms with Gasteiger partial charge in [0.2, 0.25) is 0 Å². The number of carboxylic acids is 1. The fraction of sp³-hybridized carbons (Fsp3) is 0.0870. The van der Waals surface area contributed by atoms with Gasteiger partial charge in [-0.25, -0.2) is 4.79 Å². The van der Waals surface area contributed by atoms with Crippen molar-refractivity contribution in [2.24, 2.45) is 5.10 Å². The summed E-state index contributed by atoms with van der Waals surface area (Å²) in [7, 11) is 1.49. The summed E-state index contributed by atoms with van der Waals surface area (Å²) in [6.07, 6.45) is 1.52. The number of nitrogens with one attached hydrogen (secondary N) is 2. The Morgan fingerprint density at radius 1 is 1.00 bits per heavy atom. The molecule has 0 fully saturated rings. The Morgan fingerprint density at radius 3 is 2.48 bits per heavy atom. The molecule has 8 nitrogen and oxygen atoms in total. The van der Waals surface area contributed by atoms with Crippen LogP contribution >= 0.6 is 0 Å². The minimum absolute atomic E-state index is 0.120. The maximum atomic E-state index is 12.1. The molecule has 0 aliphatic rings. The van der Waals surface area contributed by atoms with Crippen molar-refractivity contribution in [2.75, 3.05) is 24.5 Å². The number of nitrogens with zero attached hydrogens (tertiary/aromatic N) is 1. The molecule has 3 N–H and O–H groups in total. The number of aromatic carboxylic acids is 1. The third-order valence-corrected chi connectivity index (χ3v) is 4.16. The summed E-state index contributed by atoms with van der Waals surface area (Å²) in [4.78, 5) is 23.3. The molecule has 1 amide bonds. The van der Waals surface area contributed by atoms with E-state index in [1.54, 1.807) is 48.5 Å². The topological polar surface area (TPSA) is 109 Å². The Labute approximate surface area is 179 Å². The highest BCUT2D eigenvalue weighted by molar-refractivity contribution is 5.94. The van der Waals surface area contributed by atoms with Crippen LogP contribution in [-0.4, -0.2) is 36.9 Å². The number of benzene rings is 3. The first-order chi connectivity index (χ1) is 15.1. The summed E-state index contributed by atoms with van der Waals surface area (Å²) in [5, 5.41) is 16.0. The Balaban J connectivity index is 1.61. The quantitative estimate of drug-likeness (QED) is 0.359. The van der Waals surface area contributed by atoms with Gasteiger partial charge in [-0.05, 0) is 48.0 Å². The first-order valence-corrected chi connectivity index (χ1v) is 9.34. The molecule has 0 saturated carbocycles. The lowest BCUT2D eigenvalue weighted by Crippen LogP contribution is -2.20. The highest BCUT2D eigenvalue weighted by Crippen LogP contribution is 2.27. The van der Waals surface area contributed by atoms with Crippen LogP contribution in [0.15, 0.2) is 77.9 Å². The lowest BCUT2D eigenvalue weighted by atomic mass is 10.2. The van der Waals surface area contributed by atoms with Crippen LogP contribution in [0.5, 0.6) is 11.5 Å². The summed E-state index contributed by atoms with van der Waals surface area (Å²) in [6, 6.07) is 20.7. The zero-order valence-corrected chi connectivity index (χ0v) is 16.7. The second-order valence-corrected chi connectivity index (χ2v) is 6.33. The molecule has 0 aliphatic heterocycles. The number of carbonyl (C=O) groups is 2. The summed E-state index contributed by atoms with van der Waals surface area (Å²) >= 11 is 0. The monoisotopic (exact) mass is 419 g/mol. The standard InChI is InChI=1S/C23H21N3O5/c1-30-21-13-16(14-24-26-19-10-6-5-9-18(19)23(28)29)11-12-20(21)31-15-22(27)25-17-7-3-2-4-8-17/h2-14,26H,15H2,1H3,(H,25,27)(H,28,29)/b24-14+. The van der Waals surface area contributed by atoms with Crippen LogP contribution in [0.2, 0.25) is 0 Å². The highest BCUT2D eigenvalue weighted by atomic mass is 16.5. The number of methoxy groups -OCH3 is 1. The first-order valence-electron chi connectivity index (χ1n) is 9.34.